The molecule has 1 saturated carbocycles. The van der Waals surface area contributed by atoms with Crippen LogP contribution in [0.5, 0.6) is 5.88 Å². The summed E-state index contributed by atoms with van der Waals surface area (Å²) in [5.74, 6) is 1.01. The van der Waals surface area contributed by atoms with Gasteiger partial charge in [-0.2, -0.15) is 0 Å². The van der Waals surface area contributed by atoms with Crippen molar-refractivity contribution in [3.63, 3.8) is 0 Å². The molecule has 9 heteroatoms. The number of nitrogens with one attached hydrogen (secondary N) is 1. The molecule has 1 aromatic heterocycles. The van der Waals surface area contributed by atoms with E-state index >= 15 is 0 Å². The molecule has 4 heterocycles. The van der Waals surface area contributed by atoms with Crippen molar-refractivity contribution in [2.75, 3.05) is 32.6 Å². The molecule has 1 aromatic rings. The van der Waals surface area contributed by atoms with E-state index in [1.165, 1.54) is 6.26 Å². The van der Waals surface area contributed by atoms with Crippen LogP contribution in [0.25, 0.3) is 0 Å². The first-order valence-electron chi connectivity index (χ1n) is 10.3. The molecule has 2 atom stereocenters. The maximum atomic E-state index is 11.9. The number of nitrogens with zero attached hydrogens (tertiary/aromatic N) is 3. The van der Waals surface area contributed by atoms with Crippen molar-refractivity contribution in [3.05, 3.63) is 18.1 Å². The van der Waals surface area contributed by atoms with Crippen LogP contribution in [0.4, 0.5) is 0 Å². The Morgan fingerprint density at radius 2 is 1.89 bits per heavy atom. The van der Waals surface area contributed by atoms with Gasteiger partial charge in [0.05, 0.1) is 19.0 Å². The summed E-state index contributed by atoms with van der Waals surface area (Å²) in [6.45, 7) is 2.68. The average molecular weight is 411 g/mol. The molecule has 5 rings (SSSR count). The number of aromatic nitrogens is 2. The summed E-state index contributed by atoms with van der Waals surface area (Å²) >= 11 is 0. The highest BCUT2D eigenvalue weighted by atomic mass is 32.2. The number of ether oxygens (including phenoxy) is 2. The zero-order valence-electron chi connectivity index (χ0n) is 16.4. The highest BCUT2D eigenvalue weighted by Gasteiger charge is 2.35. The summed E-state index contributed by atoms with van der Waals surface area (Å²) in [7, 11) is -3.26. The number of sulfonamides is 1. The zero-order valence-corrected chi connectivity index (χ0v) is 17.2. The predicted molar refractivity (Wildman–Crippen MR) is 105 cm³/mol. The molecule has 156 valence electrons. The van der Waals surface area contributed by atoms with Gasteiger partial charge >= 0.3 is 0 Å². The van der Waals surface area contributed by atoms with E-state index in [0.717, 1.165) is 50.8 Å². The van der Waals surface area contributed by atoms with E-state index in [1.54, 1.807) is 12.4 Å². The Labute approximate surface area is 167 Å². The first-order chi connectivity index (χ1) is 13.5. The fourth-order valence-electron chi connectivity index (χ4n) is 4.76. The van der Waals surface area contributed by atoms with E-state index in [1.807, 2.05) is 0 Å². The van der Waals surface area contributed by atoms with E-state index in [2.05, 4.69) is 19.6 Å². The molecule has 2 fully saturated rings. The van der Waals surface area contributed by atoms with Crippen molar-refractivity contribution in [2.24, 2.45) is 0 Å². The van der Waals surface area contributed by atoms with Crippen molar-refractivity contribution < 1.29 is 17.9 Å². The van der Waals surface area contributed by atoms with Crippen LogP contribution in [0.3, 0.4) is 0 Å². The quantitative estimate of drug-likeness (QED) is 0.785. The molecule has 1 unspecified atom stereocenters. The number of piperidine rings is 1. The fourth-order valence-corrected chi connectivity index (χ4v) is 5.59. The lowest BCUT2D eigenvalue weighted by Gasteiger charge is -2.41. The molecule has 1 saturated heterocycles. The summed E-state index contributed by atoms with van der Waals surface area (Å²) in [5, 5.41) is 0. The number of hydrogen-bond donors (Lipinski definition) is 1. The van der Waals surface area contributed by atoms with Crippen molar-refractivity contribution >= 4 is 10.0 Å². The third-order valence-corrected chi connectivity index (χ3v) is 6.86. The van der Waals surface area contributed by atoms with E-state index in [4.69, 9.17) is 9.47 Å². The van der Waals surface area contributed by atoms with Crippen LogP contribution in [-0.4, -0.2) is 74.0 Å². The van der Waals surface area contributed by atoms with Crippen LogP contribution in [0.15, 0.2) is 12.4 Å². The van der Waals surface area contributed by atoms with Crippen LogP contribution in [0, 0.1) is 0 Å². The topological polar surface area (TPSA) is 93.7 Å². The van der Waals surface area contributed by atoms with Gasteiger partial charge in [0.25, 0.3) is 0 Å². The molecule has 3 aliphatic heterocycles. The zero-order chi connectivity index (χ0) is 19.6. The normalized spacial score (nSPS) is 32.2. The second-order valence-electron chi connectivity index (χ2n) is 8.14. The molecule has 28 heavy (non-hydrogen) atoms. The fraction of sp³-hybridized carbons (Fsp3) is 0.789. The lowest BCUT2D eigenvalue weighted by Crippen LogP contribution is -2.58. The Balaban J connectivity index is 1.55. The minimum Gasteiger partial charge on any atom is -0.475 e. The summed E-state index contributed by atoms with van der Waals surface area (Å²) < 4.78 is 38.9. The summed E-state index contributed by atoms with van der Waals surface area (Å²) in [6, 6.07) is -0.107. The largest absolute Gasteiger partial charge is 0.475 e. The van der Waals surface area contributed by atoms with Crippen LogP contribution in [-0.2, 0) is 14.8 Å². The predicted octanol–water partition coefficient (Wildman–Crippen LogP) is 1.29. The molecule has 0 aromatic carbocycles. The molecule has 0 radical (unpaired) electrons. The third kappa shape index (κ3) is 4.82. The maximum absolute atomic E-state index is 11.9. The van der Waals surface area contributed by atoms with Gasteiger partial charge in [-0.05, 0) is 45.1 Å². The van der Waals surface area contributed by atoms with Crippen molar-refractivity contribution in [1.29, 1.82) is 0 Å². The number of fused-ring (bicyclic) bond motifs is 5. The first kappa shape index (κ1) is 20.0. The standard InChI is InChI=1S/C19H30N4O4S/c1-28(24,25)22-16-3-2-10-23-11-12-26-19-18(20-8-9-21-19)14-4-6-15(7-5-14)27-13-17(16)23/h8-9,14-17,22H,2-7,10-13H2,1H3/t14?,15?,16-,17?/m0/s1. The van der Waals surface area contributed by atoms with E-state index in [9.17, 15) is 8.42 Å². The minimum atomic E-state index is -3.26. The highest BCUT2D eigenvalue weighted by molar-refractivity contribution is 7.88. The maximum Gasteiger partial charge on any atom is 0.235 e. The Morgan fingerprint density at radius 3 is 2.68 bits per heavy atom. The summed E-state index contributed by atoms with van der Waals surface area (Å²) in [6.07, 6.45) is 10.7. The molecule has 1 aliphatic carbocycles. The highest BCUT2D eigenvalue weighted by Crippen LogP contribution is 2.36. The Kier molecular flexibility index (Phi) is 6.15. The van der Waals surface area contributed by atoms with Gasteiger partial charge in [0.2, 0.25) is 15.9 Å². The molecule has 2 bridgehead atoms. The van der Waals surface area contributed by atoms with Crippen LogP contribution in [0.1, 0.15) is 50.1 Å². The second kappa shape index (κ2) is 8.61. The monoisotopic (exact) mass is 410 g/mol. The molecule has 0 spiro atoms. The molecule has 1 N–H and O–H groups in total. The second-order valence-corrected chi connectivity index (χ2v) is 9.92. The number of hydrogen-bond acceptors (Lipinski definition) is 7. The smallest absolute Gasteiger partial charge is 0.235 e. The third-order valence-electron chi connectivity index (χ3n) is 6.13. The lowest BCUT2D eigenvalue weighted by atomic mass is 9.85. The van der Waals surface area contributed by atoms with Crippen molar-refractivity contribution in [1.82, 2.24) is 19.6 Å². The van der Waals surface area contributed by atoms with Gasteiger partial charge in [-0.3, -0.25) is 9.88 Å². The summed E-state index contributed by atoms with van der Waals surface area (Å²) in [5.41, 5.74) is 0.965. The van der Waals surface area contributed by atoms with E-state index < -0.39 is 10.0 Å². The Morgan fingerprint density at radius 1 is 1.11 bits per heavy atom. The molecular weight excluding hydrogens is 380 g/mol. The average Bonchev–Trinajstić information content (AvgIpc) is 2.69. The van der Waals surface area contributed by atoms with Crippen molar-refractivity contribution in [2.45, 2.75) is 62.6 Å². The van der Waals surface area contributed by atoms with E-state index in [-0.39, 0.29) is 18.2 Å². The molecular formula is C19H30N4O4S. The van der Waals surface area contributed by atoms with Crippen molar-refractivity contribution in [3.8, 4) is 5.88 Å². The van der Waals surface area contributed by atoms with Crippen LogP contribution >= 0.6 is 0 Å². The Bertz CT molecular complexity index is 767. The summed E-state index contributed by atoms with van der Waals surface area (Å²) in [4.78, 5) is 11.3. The van der Waals surface area contributed by atoms with Gasteiger partial charge in [-0.15, -0.1) is 0 Å². The van der Waals surface area contributed by atoms with E-state index in [0.29, 0.717) is 31.6 Å². The van der Waals surface area contributed by atoms with Gasteiger partial charge in [-0.1, -0.05) is 0 Å². The molecule has 0 amide bonds. The SMILES string of the molecule is CS(=O)(=O)N[C@H]1CCCN2CCOc3nccnc3C3CCC(CC3)OCC12. The van der Waals surface area contributed by atoms with Gasteiger partial charge in [0.1, 0.15) is 12.3 Å². The first-order valence-corrected chi connectivity index (χ1v) is 12.2. The van der Waals surface area contributed by atoms with Gasteiger partial charge in [-0.25, -0.2) is 18.1 Å². The van der Waals surface area contributed by atoms with Gasteiger partial charge < -0.3 is 9.47 Å². The van der Waals surface area contributed by atoms with Crippen LogP contribution < -0.4 is 9.46 Å². The number of rotatable bonds is 2. The lowest BCUT2D eigenvalue weighted by molar-refractivity contribution is -0.0285. The molecule has 4 aliphatic rings. The minimum absolute atomic E-state index is 0.0203. The Hall–Kier alpha value is -1.29. The molecule has 8 nitrogen and oxygen atoms in total. The van der Waals surface area contributed by atoms with Gasteiger partial charge in [0, 0.05) is 36.9 Å². The van der Waals surface area contributed by atoms with Crippen LogP contribution in [0.2, 0.25) is 0 Å². The van der Waals surface area contributed by atoms with Gasteiger partial charge in [0.15, 0.2) is 0 Å².